The van der Waals surface area contributed by atoms with Crippen molar-refractivity contribution in [1.82, 2.24) is 5.32 Å². The van der Waals surface area contributed by atoms with Gasteiger partial charge in [-0.2, -0.15) is 0 Å². The van der Waals surface area contributed by atoms with Crippen LogP contribution in [0.25, 0.3) is 0 Å². The standard InChI is InChI=1S/C17H24N2O/c20-17(11-10-15-8-3-4-12-18-15)19-13-5-7-14-6-1-2-9-16(14)19/h1-2,6,9,15,18H,3-5,7-8,10-13H2. The van der Waals surface area contributed by atoms with Gasteiger partial charge < -0.3 is 10.2 Å². The van der Waals surface area contributed by atoms with E-state index in [0.29, 0.717) is 18.4 Å². The Kier molecular flexibility index (Phi) is 4.36. The average molecular weight is 272 g/mol. The normalized spacial score (nSPS) is 22.4. The molecule has 0 aliphatic carbocycles. The first-order valence-electron chi connectivity index (χ1n) is 7.96. The quantitative estimate of drug-likeness (QED) is 0.917. The van der Waals surface area contributed by atoms with Gasteiger partial charge in [-0.15, -0.1) is 0 Å². The minimum atomic E-state index is 0.296. The highest BCUT2D eigenvalue weighted by molar-refractivity contribution is 5.94. The molecule has 1 amide bonds. The first-order chi connectivity index (χ1) is 9.84. The van der Waals surface area contributed by atoms with Crippen LogP contribution in [-0.4, -0.2) is 25.0 Å². The summed E-state index contributed by atoms with van der Waals surface area (Å²) in [6.07, 6.45) is 7.66. The van der Waals surface area contributed by atoms with Crippen molar-refractivity contribution in [2.45, 2.75) is 51.0 Å². The molecule has 0 bridgehead atoms. The molecule has 0 aromatic heterocycles. The van der Waals surface area contributed by atoms with E-state index in [1.807, 2.05) is 11.0 Å². The molecule has 1 saturated heterocycles. The number of aryl methyl sites for hydroxylation is 1. The van der Waals surface area contributed by atoms with Crippen molar-refractivity contribution in [3.8, 4) is 0 Å². The van der Waals surface area contributed by atoms with E-state index in [1.165, 1.54) is 24.8 Å². The van der Waals surface area contributed by atoms with Gasteiger partial charge in [0.05, 0.1) is 0 Å². The van der Waals surface area contributed by atoms with E-state index < -0.39 is 0 Å². The third kappa shape index (κ3) is 3.04. The van der Waals surface area contributed by atoms with Gasteiger partial charge in [0.25, 0.3) is 0 Å². The fraction of sp³-hybridized carbons (Fsp3) is 0.588. The number of nitrogens with one attached hydrogen (secondary N) is 1. The summed E-state index contributed by atoms with van der Waals surface area (Å²) in [6, 6.07) is 8.89. The van der Waals surface area contributed by atoms with Crippen molar-refractivity contribution in [3.05, 3.63) is 29.8 Å². The fourth-order valence-electron chi connectivity index (χ4n) is 3.40. The lowest BCUT2D eigenvalue weighted by Crippen LogP contribution is -2.38. The molecule has 1 aromatic rings. The predicted octanol–water partition coefficient (Wildman–Crippen LogP) is 2.89. The monoisotopic (exact) mass is 272 g/mol. The zero-order valence-electron chi connectivity index (χ0n) is 12.1. The van der Waals surface area contributed by atoms with Crippen LogP contribution in [0.5, 0.6) is 0 Å². The first kappa shape index (κ1) is 13.6. The lowest BCUT2D eigenvalue weighted by molar-refractivity contribution is -0.118. The number of para-hydroxylation sites is 1. The van der Waals surface area contributed by atoms with Gasteiger partial charge in [-0.05, 0) is 50.3 Å². The summed E-state index contributed by atoms with van der Waals surface area (Å²) in [4.78, 5) is 14.5. The van der Waals surface area contributed by atoms with E-state index in [0.717, 1.165) is 38.0 Å². The Bertz CT molecular complexity index is 466. The Morgan fingerprint density at radius 1 is 1.25 bits per heavy atom. The number of benzene rings is 1. The Labute approximate surface area is 121 Å². The van der Waals surface area contributed by atoms with Crippen LogP contribution in [0.4, 0.5) is 5.69 Å². The molecular weight excluding hydrogens is 248 g/mol. The van der Waals surface area contributed by atoms with Crippen LogP contribution in [-0.2, 0) is 11.2 Å². The lowest BCUT2D eigenvalue weighted by Gasteiger charge is -2.30. The predicted molar refractivity (Wildman–Crippen MR) is 82.0 cm³/mol. The number of amides is 1. The SMILES string of the molecule is O=C(CCC1CCCCN1)N1CCCc2ccccc21. The van der Waals surface area contributed by atoms with Gasteiger partial charge >= 0.3 is 0 Å². The van der Waals surface area contributed by atoms with Gasteiger partial charge in [0, 0.05) is 24.7 Å². The molecule has 3 rings (SSSR count). The van der Waals surface area contributed by atoms with Crippen molar-refractivity contribution >= 4 is 11.6 Å². The van der Waals surface area contributed by atoms with Crippen molar-refractivity contribution in [2.75, 3.05) is 18.0 Å². The minimum absolute atomic E-state index is 0.296. The second kappa shape index (κ2) is 6.40. The molecule has 1 aromatic carbocycles. The van der Waals surface area contributed by atoms with Gasteiger partial charge in [-0.25, -0.2) is 0 Å². The first-order valence-corrected chi connectivity index (χ1v) is 7.96. The Morgan fingerprint density at radius 2 is 2.15 bits per heavy atom. The van der Waals surface area contributed by atoms with Crippen LogP contribution >= 0.6 is 0 Å². The van der Waals surface area contributed by atoms with Crippen molar-refractivity contribution in [2.24, 2.45) is 0 Å². The lowest BCUT2D eigenvalue weighted by atomic mass is 9.98. The van der Waals surface area contributed by atoms with Crippen LogP contribution in [0.15, 0.2) is 24.3 Å². The van der Waals surface area contributed by atoms with Gasteiger partial charge in [0.2, 0.25) is 5.91 Å². The molecule has 3 heteroatoms. The third-order valence-electron chi connectivity index (χ3n) is 4.53. The number of rotatable bonds is 3. The molecule has 20 heavy (non-hydrogen) atoms. The minimum Gasteiger partial charge on any atom is -0.314 e. The molecule has 108 valence electrons. The average Bonchev–Trinajstić information content (AvgIpc) is 2.53. The molecule has 2 aliphatic rings. The molecule has 1 atom stereocenters. The van der Waals surface area contributed by atoms with Gasteiger partial charge in [-0.3, -0.25) is 4.79 Å². The number of piperidine rings is 1. The van der Waals surface area contributed by atoms with E-state index in [2.05, 4.69) is 23.5 Å². The number of hydrogen-bond donors (Lipinski definition) is 1. The summed E-state index contributed by atoms with van der Waals surface area (Å²) >= 11 is 0. The molecule has 1 fully saturated rings. The van der Waals surface area contributed by atoms with Gasteiger partial charge in [0.1, 0.15) is 0 Å². The molecule has 1 N–H and O–H groups in total. The van der Waals surface area contributed by atoms with Crippen LogP contribution in [0, 0.1) is 0 Å². The summed E-state index contributed by atoms with van der Waals surface area (Å²) in [5, 5.41) is 3.53. The third-order valence-corrected chi connectivity index (χ3v) is 4.53. The van der Waals surface area contributed by atoms with Crippen molar-refractivity contribution < 1.29 is 4.79 Å². The van der Waals surface area contributed by atoms with Crippen LogP contribution in [0.3, 0.4) is 0 Å². The maximum absolute atomic E-state index is 12.5. The summed E-state index contributed by atoms with van der Waals surface area (Å²) in [5.74, 6) is 0.296. The highest BCUT2D eigenvalue weighted by Crippen LogP contribution is 2.27. The van der Waals surface area contributed by atoms with Crippen LogP contribution in [0.2, 0.25) is 0 Å². The van der Waals surface area contributed by atoms with Crippen LogP contribution in [0.1, 0.15) is 44.1 Å². The number of anilines is 1. The topological polar surface area (TPSA) is 32.3 Å². The molecular formula is C17H24N2O. The zero-order chi connectivity index (χ0) is 13.8. The number of fused-ring (bicyclic) bond motifs is 1. The summed E-state index contributed by atoms with van der Waals surface area (Å²) < 4.78 is 0. The maximum atomic E-state index is 12.5. The second-order valence-corrected chi connectivity index (χ2v) is 5.96. The Morgan fingerprint density at radius 3 is 3.00 bits per heavy atom. The van der Waals surface area contributed by atoms with Gasteiger partial charge in [-0.1, -0.05) is 24.6 Å². The van der Waals surface area contributed by atoms with Crippen molar-refractivity contribution in [1.29, 1.82) is 0 Å². The summed E-state index contributed by atoms with van der Waals surface area (Å²) in [7, 11) is 0. The summed E-state index contributed by atoms with van der Waals surface area (Å²) in [5.41, 5.74) is 2.46. The van der Waals surface area contributed by atoms with E-state index >= 15 is 0 Å². The zero-order valence-corrected chi connectivity index (χ0v) is 12.1. The molecule has 1 unspecified atom stereocenters. The van der Waals surface area contributed by atoms with Crippen LogP contribution < -0.4 is 10.2 Å². The molecule has 2 heterocycles. The van der Waals surface area contributed by atoms with Gasteiger partial charge in [0.15, 0.2) is 0 Å². The molecule has 0 spiro atoms. The number of hydrogen-bond acceptors (Lipinski definition) is 2. The molecule has 3 nitrogen and oxygen atoms in total. The number of carbonyl (C=O) groups excluding carboxylic acids is 1. The second-order valence-electron chi connectivity index (χ2n) is 5.96. The summed E-state index contributed by atoms with van der Waals surface area (Å²) in [6.45, 7) is 2.00. The van der Waals surface area contributed by atoms with E-state index in [9.17, 15) is 4.79 Å². The smallest absolute Gasteiger partial charge is 0.227 e. The van der Waals surface area contributed by atoms with E-state index in [1.54, 1.807) is 0 Å². The van der Waals surface area contributed by atoms with Crippen molar-refractivity contribution in [3.63, 3.8) is 0 Å². The molecule has 0 saturated carbocycles. The fourth-order valence-corrected chi connectivity index (χ4v) is 3.40. The highest BCUT2D eigenvalue weighted by atomic mass is 16.2. The highest BCUT2D eigenvalue weighted by Gasteiger charge is 2.23. The number of carbonyl (C=O) groups is 1. The molecule has 2 aliphatic heterocycles. The van der Waals surface area contributed by atoms with E-state index in [4.69, 9.17) is 0 Å². The Balaban J connectivity index is 1.60. The molecule has 0 radical (unpaired) electrons. The number of nitrogens with zero attached hydrogens (tertiary/aromatic N) is 1. The largest absolute Gasteiger partial charge is 0.314 e. The maximum Gasteiger partial charge on any atom is 0.227 e. The van der Waals surface area contributed by atoms with E-state index in [-0.39, 0.29) is 0 Å². The Hall–Kier alpha value is -1.35.